The molecule has 0 aliphatic carbocycles. The summed E-state index contributed by atoms with van der Waals surface area (Å²) in [4.78, 5) is 14.4. The molecular formula is C14H18N2OS. The van der Waals surface area contributed by atoms with Gasteiger partial charge in [-0.3, -0.25) is 4.79 Å². The van der Waals surface area contributed by atoms with Crippen LogP contribution in [-0.2, 0) is 17.8 Å². The van der Waals surface area contributed by atoms with Crippen LogP contribution in [-0.4, -0.2) is 28.4 Å². The highest BCUT2D eigenvalue weighted by molar-refractivity contribution is 8.00. The van der Waals surface area contributed by atoms with Crippen LogP contribution in [0, 0.1) is 0 Å². The lowest BCUT2D eigenvalue weighted by molar-refractivity contribution is -0.131. The molecule has 0 saturated carbocycles. The minimum atomic E-state index is 0.191. The van der Waals surface area contributed by atoms with E-state index in [9.17, 15) is 4.79 Å². The Labute approximate surface area is 112 Å². The quantitative estimate of drug-likeness (QED) is 0.788. The summed E-state index contributed by atoms with van der Waals surface area (Å²) in [6, 6.07) is 6.05. The van der Waals surface area contributed by atoms with Crippen molar-refractivity contribution in [2.45, 2.75) is 31.1 Å². The van der Waals surface area contributed by atoms with Crippen molar-refractivity contribution in [3.8, 4) is 0 Å². The highest BCUT2D eigenvalue weighted by atomic mass is 32.2. The van der Waals surface area contributed by atoms with Gasteiger partial charge in [0, 0.05) is 18.8 Å². The molecule has 0 radical (unpaired) electrons. The molecule has 1 aromatic carbocycles. The van der Waals surface area contributed by atoms with Crippen LogP contribution in [0.5, 0.6) is 0 Å². The molecule has 2 heterocycles. The summed E-state index contributed by atoms with van der Waals surface area (Å²) in [6.45, 7) is 1.53. The molecule has 1 unspecified atom stereocenters. The highest BCUT2D eigenvalue weighted by Gasteiger charge is 2.30. The first-order chi connectivity index (χ1) is 8.75. The van der Waals surface area contributed by atoms with Crippen molar-refractivity contribution >= 4 is 23.4 Å². The van der Waals surface area contributed by atoms with Gasteiger partial charge in [0.1, 0.15) is 0 Å². The number of carbonyl (C=O) groups excluding carboxylic acids is 1. The molecule has 1 aromatic rings. The van der Waals surface area contributed by atoms with E-state index in [1.807, 2.05) is 28.8 Å². The van der Waals surface area contributed by atoms with Crippen LogP contribution < -0.4 is 5.73 Å². The molecule has 1 amide bonds. The van der Waals surface area contributed by atoms with Crippen molar-refractivity contribution in [1.29, 1.82) is 0 Å². The van der Waals surface area contributed by atoms with Gasteiger partial charge in [0.2, 0.25) is 5.91 Å². The van der Waals surface area contributed by atoms with E-state index < -0.39 is 0 Å². The SMILES string of the molecule is Nc1cccc2c1CN(C(=O)C1CCCS1)CC2. The van der Waals surface area contributed by atoms with Crippen molar-refractivity contribution in [3.05, 3.63) is 29.3 Å². The summed E-state index contributed by atoms with van der Waals surface area (Å²) in [7, 11) is 0. The Morgan fingerprint density at radius 3 is 3.11 bits per heavy atom. The van der Waals surface area contributed by atoms with E-state index in [2.05, 4.69) is 6.07 Å². The normalized spacial score (nSPS) is 22.9. The Bertz CT molecular complexity index is 469. The maximum atomic E-state index is 12.4. The van der Waals surface area contributed by atoms with Crippen LogP contribution in [0.15, 0.2) is 18.2 Å². The molecule has 0 spiro atoms. The van der Waals surface area contributed by atoms with Gasteiger partial charge in [-0.05, 0) is 42.2 Å². The second-order valence-electron chi connectivity index (χ2n) is 5.00. The summed E-state index contributed by atoms with van der Waals surface area (Å²) in [6.07, 6.45) is 3.15. The number of anilines is 1. The molecule has 2 aliphatic rings. The number of thioether (sulfide) groups is 1. The predicted molar refractivity (Wildman–Crippen MR) is 75.5 cm³/mol. The molecule has 4 heteroatoms. The van der Waals surface area contributed by atoms with Gasteiger partial charge in [-0.2, -0.15) is 0 Å². The second-order valence-corrected chi connectivity index (χ2v) is 6.31. The lowest BCUT2D eigenvalue weighted by Crippen LogP contribution is -2.40. The molecule has 0 aromatic heterocycles. The lowest BCUT2D eigenvalue weighted by atomic mass is 9.98. The lowest BCUT2D eigenvalue weighted by Gasteiger charge is -2.31. The minimum absolute atomic E-state index is 0.191. The van der Waals surface area contributed by atoms with Gasteiger partial charge in [0.15, 0.2) is 0 Å². The van der Waals surface area contributed by atoms with E-state index >= 15 is 0 Å². The van der Waals surface area contributed by atoms with Crippen molar-refractivity contribution < 1.29 is 4.79 Å². The van der Waals surface area contributed by atoms with E-state index in [-0.39, 0.29) is 5.25 Å². The third-order valence-electron chi connectivity index (χ3n) is 3.83. The molecule has 96 valence electrons. The Balaban J connectivity index is 1.78. The Morgan fingerprint density at radius 1 is 1.44 bits per heavy atom. The van der Waals surface area contributed by atoms with E-state index in [1.54, 1.807) is 0 Å². The summed E-state index contributed by atoms with van der Waals surface area (Å²) in [5.74, 6) is 1.44. The van der Waals surface area contributed by atoms with Gasteiger partial charge < -0.3 is 10.6 Å². The number of nitrogen functional groups attached to an aromatic ring is 1. The minimum Gasteiger partial charge on any atom is -0.398 e. The standard InChI is InChI=1S/C14H18N2OS/c15-12-4-1-3-10-6-7-16(9-11(10)12)14(17)13-5-2-8-18-13/h1,3-4,13H,2,5-9,15H2. The number of benzene rings is 1. The van der Waals surface area contributed by atoms with Crippen LogP contribution >= 0.6 is 11.8 Å². The zero-order valence-electron chi connectivity index (χ0n) is 10.4. The van der Waals surface area contributed by atoms with Crippen molar-refractivity contribution in [2.75, 3.05) is 18.0 Å². The topological polar surface area (TPSA) is 46.3 Å². The Hall–Kier alpha value is -1.16. The van der Waals surface area contributed by atoms with Gasteiger partial charge >= 0.3 is 0 Å². The average molecular weight is 262 g/mol. The second kappa shape index (κ2) is 4.84. The zero-order chi connectivity index (χ0) is 12.5. The summed E-state index contributed by atoms with van der Waals surface area (Å²) in [5, 5.41) is 0.191. The number of nitrogens with two attached hydrogens (primary N) is 1. The zero-order valence-corrected chi connectivity index (χ0v) is 11.2. The first-order valence-corrected chi connectivity index (χ1v) is 7.57. The molecule has 0 bridgehead atoms. The van der Waals surface area contributed by atoms with E-state index in [4.69, 9.17) is 5.73 Å². The molecule has 18 heavy (non-hydrogen) atoms. The van der Waals surface area contributed by atoms with Gasteiger partial charge in [0.05, 0.1) is 5.25 Å². The van der Waals surface area contributed by atoms with Crippen LogP contribution in [0.3, 0.4) is 0 Å². The molecule has 1 saturated heterocycles. The fourth-order valence-electron chi connectivity index (χ4n) is 2.77. The third kappa shape index (κ3) is 2.09. The van der Waals surface area contributed by atoms with Gasteiger partial charge in [-0.15, -0.1) is 11.8 Å². The average Bonchev–Trinajstić information content (AvgIpc) is 2.92. The predicted octanol–water partition coefficient (Wildman–Crippen LogP) is 2.05. The number of rotatable bonds is 1. The maximum Gasteiger partial charge on any atom is 0.235 e. The Kier molecular flexibility index (Phi) is 3.20. The fourth-order valence-corrected chi connectivity index (χ4v) is 4.01. The highest BCUT2D eigenvalue weighted by Crippen LogP contribution is 2.30. The van der Waals surface area contributed by atoms with E-state index in [0.29, 0.717) is 12.5 Å². The van der Waals surface area contributed by atoms with Gasteiger partial charge in [-0.25, -0.2) is 0 Å². The van der Waals surface area contributed by atoms with Crippen molar-refractivity contribution in [1.82, 2.24) is 4.90 Å². The molecule has 2 N–H and O–H groups in total. The third-order valence-corrected chi connectivity index (χ3v) is 5.19. The van der Waals surface area contributed by atoms with Gasteiger partial charge in [0.25, 0.3) is 0 Å². The van der Waals surface area contributed by atoms with Gasteiger partial charge in [-0.1, -0.05) is 12.1 Å². The molecule has 2 aliphatic heterocycles. The first kappa shape index (κ1) is 11.9. The summed E-state index contributed by atoms with van der Waals surface area (Å²) < 4.78 is 0. The van der Waals surface area contributed by atoms with E-state index in [0.717, 1.165) is 36.4 Å². The van der Waals surface area contributed by atoms with E-state index in [1.165, 1.54) is 12.0 Å². The number of hydrogen-bond donors (Lipinski definition) is 1. The number of hydrogen-bond acceptors (Lipinski definition) is 3. The monoisotopic (exact) mass is 262 g/mol. The van der Waals surface area contributed by atoms with Crippen LogP contribution in [0.1, 0.15) is 24.0 Å². The molecule has 1 atom stereocenters. The fraction of sp³-hybridized carbons (Fsp3) is 0.500. The molecule has 3 nitrogen and oxygen atoms in total. The van der Waals surface area contributed by atoms with Crippen molar-refractivity contribution in [3.63, 3.8) is 0 Å². The Morgan fingerprint density at radius 2 is 2.33 bits per heavy atom. The van der Waals surface area contributed by atoms with Crippen LogP contribution in [0.2, 0.25) is 0 Å². The largest absolute Gasteiger partial charge is 0.398 e. The summed E-state index contributed by atoms with van der Waals surface area (Å²) in [5.41, 5.74) is 9.29. The summed E-state index contributed by atoms with van der Waals surface area (Å²) >= 11 is 1.81. The van der Waals surface area contributed by atoms with Crippen LogP contribution in [0.4, 0.5) is 5.69 Å². The number of amides is 1. The number of carbonyl (C=O) groups is 1. The van der Waals surface area contributed by atoms with Crippen molar-refractivity contribution in [2.24, 2.45) is 0 Å². The van der Waals surface area contributed by atoms with Crippen LogP contribution in [0.25, 0.3) is 0 Å². The molecule has 3 rings (SSSR count). The molecule has 1 fully saturated rings. The number of fused-ring (bicyclic) bond motifs is 1. The maximum absolute atomic E-state index is 12.4. The smallest absolute Gasteiger partial charge is 0.235 e. The first-order valence-electron chi connectivity index (χ1n) is 6.52. The molecular weight excluding hydrogens is 244 g/mol. The number of nitrogens with zero attached hydrogens (tertiary/aromatic N) is 1.